The van der Waals surface area contributed by atoms with Crippen molar-refractivity contribution in [1.82, 2.24) is 19.9 Å². The van der Waals surface area contributed by atoms with Gasteiger partial charge in [-0.05, 0) is 67.5 Å². The van der Waals surface area contributed by atoms with E-state index in [2.05, 4.69) is 26.8 Å². The van der Waals surface area contributed by atoms with Crippen LogP contribution in [0.25, 0.3) is 10.9 Å². The second kappa shape index (κ2) is 11.0. The SMILES string of the molecule is COc1ccc2nccc([C@@H](F)CC[C@@H]3CCN(CC#Cc4cnccn4)C[C@@H]3C(=O)O)c2c1. The first kappa shape index (κ1) is 23.6. The molecule has 1 fully saturated rings. The molecule has 0 saturated carbocycles. The van der Waals surface area contributed by atoms with Crippen LogP contribution in [0, 0.1) is 23.7 Å². The van der Waals surface area contributed by atoms with Crippen LogP contribution in [0.15, 0.2) is 49.1 Å². The van der Waals surface area contributed by atoms with Gasteiger partial charge in [-0.25, -0.2) is 9.37 Å². The number of hydrogen-bond acceptors (Lipinski definition) is 6. The molecule has 0 radical (unpaired) electrons. The van der Waals surface area contributed by atoms with Gasteiger partial charge in [-0.2, -0.15) is 0 Å². The summed E-state index contributed by atoms with van der Waals surface area (Å²) in [5, 5.41) is 10.5. The molecule has 1 saturated heterocycles. The lowest BCUT2D eigenvalue weighted by molar-refractivity contribution is -0.146. The van der Waals surface area contributed by atoms with Gasteiger partial charge in [-0.1, -0.05) is 5.92 Å². The lowest BCUT2D eigenvalue weighted by atomic mass is 9.81. The topological polar surface area (TPSA) is 88.4 Å². The number of pyridine rings is 1. The van der Waals surface area contributed by atoms with Crippen molar-refractivity contribution in [2.75, 3.05) is 26.7 Å². The lowest BCUT2D eigenvalue weighted by Crippen LogP contribution is -2.44. The normalized spacial score (nSPS) is 19.2. The first-order valence-corrected chi connectivity index (χ1v) is 11.3. The molecule has 0 aliphatic carbocycles. The molecule has 2 aromatic heterocycles. The number of piperidine rings is 1. The smallest absolute Gasteiger partial charge is 0.308 e. The molecule has 4 rings (SSSR count). The van der Waals surface area contributed by atoms with Crippen molar-refractivity contribution >= 4 is 16.9 Å². The van der Waals surface area contributed by atoms with Gasteiger partial charge in [-0.3, -0.25) is 19.7 Å². The van der Waals surface area contributed by atoms with Crippen LogP contribution in [0.5, 0.6) is 5.75 Å². The van der Waals surface area contributed by atoms with E-state index >= 15 is 4.39 Å². The first-order chi connectivity index (χ1) is 16.5. The Morgan fingerprint density at radius 2 is 2.18 bits per heavy atom. The number of aromatic nitrogens is 3. The Labute approximate surface area is 198 Å². The van der Waals surface area contributed by atoms with E-state index in [1.54, 1.807) is 50.1 Å². The second-order valence-electron chi connectivity index (χ2n) is 8.45. The number of carboxylic acid groups (broad SMARTS) is 1. The predicted molar refractivity (Wildman–Crippen MR) is 126 cm³/mol. The van der Waals surface area contributed by atoms with Crippen LogP contribution in [-0.2, 0) is 4.79 Å². The first-order valence-electron chi connectivity index (χ1n) is 11.3. The predicted octanol–water partition coefficient (Wildman–Crippen LogP) is 3.90. The van der Waals surface area contributed by atoms with E-state index in [1.807, 2.05) is 11.0 Å². The molecule has 3 atom stereocenters. The summed E-state index contributed by atoms with van der Waals surface area (Å²) in [4.78, 5) is 26.4. The van der Waals surface area contributed by atoms with Gasteiger partial charge in [0.05, 0.1) is 31.3 Å². The summed E-state index contributed by atoms with van der Waals surface area (Å²) >= 11 is 0. The van der Waals surface area contributed by atoms with Crippen LogP contribution in [0.3, 0.4) is 0 Å². The second-order valence-corrected chi connectivity index (χ2v) is 8.45. The van der Waals surface area contributed by atoms with Gasteiger partial charge in [0.25, 0.3) is 0 Å². The number of methoxy groups -OCH3 is 1. The van der Waals surface area contributed by atoms with Crippen molar-refractivity contribution in [2.24, 2.45) is 11.8 Å². The number of aliphatic carboxylic acids is 1. The zero-order chi connectivity index (χ0) is 23.9. The molecule has 1 aliphatic rings. The Morgan fingerprint density at radius 3 is 2.94 bits per heavy atom. The number of carboxylic acids is 1. The molecule has 176 valence electrons. The number of likely N-dealkylation sites (tertiary alicyclic amines) is 1. The van der Waals surface area contributed by atoms with Crippen molar-refractivity contribution in [2.45, 2.75) is 25.4 Å². The molecule has 0 unspecified atom stereocenters. The molecule has 8 heteroatoms. The number of nitrogens with zero attached hydrogens (tertiary/aromatic N) is 4. The van der Waals surface area contributed by atoms with Crippen molar-refractivity contribution in [3.8, 4) is 17.6 Å². The van der Waals surface area contributed by atoms with E-state index < -0.39 is 18.1 Å². The van der Waals surface area contributed by atoms with Crippen LogP contribution in [0.2, 0.25) is 0 Å². The Morgan fingerprint density at radius 1 is 1.29 bits per heavy atom. The minimum atomic E-state index is -1.21. The molecule has 3 aromatic rings. The number of alkyl halides is 1. The van der Waals surface area contributed by atoms with E-state index in [-0.39, 0.29) is 12.3 Å². The number of hydrogen-bond donors (Lipinski definition) is 1. The van der Waals surface area contributed by atoms with Gasteiger partial charge in [0.2, 0.25) is 0 Å². The number of benzene rings is 1. The van der Waals surface area contributed by atoms with Crippen LogP contribution < -0.4 is 4.74 Å². The summed E-state index contributed by atoms with van der Waals surface area (Å²) in [5.41, 5.74) is 1.86. The summed E-state index contributed by atoms with van der Waals surface area (Å²) in [5.74, 6) is 5.18. The molecule has 1 aliphatic heterocycles. The fourth-order valence-corrected chi connectivity index (χ4v) is 4.51. The van der Waals surface area contributed by atoms with Crippen LogP contribution >= 0.6 is 0 Å². The Balaban J connectivity index is 1.38. The summed E-state index contributed by atoms with van der Waals surface area (Å²) in [6, 6.07) is 7.10. The van der Waals surface area contributed by atoms with Gasteiger partial charge >= 0.3 is 5.97 Å². The van der Waals surface area contributed by atoms with Gasteiger partial charge in [0.15, 0.2) is 0 Å². The van der Waals surface area contributed by atoms with Crippen molar-refractivity contribution in [1.29, 1.82) is 0 Å². The van der Waals surface area contributed by atoms with Crippen molar-refractivity contribution < 1.29 is 19.0 Å². The van der Waals surface area contributed by atoms with E-state index in [1.165, 1.54) is 0 Å². The zero-order valence-corrected chi connectivity index (χ0v) is 19.0. The monoisotopic (exact) mass is 462 g/mol. The third kappa shape index (κ3) is 5.67. The molecule has 0 spiro atoms. The fourth-order valence-electron chi connectivity index (χ4n) is 4.51. The zero-order valence-electron chi connectivity index (χ0n) is 19.0. The third-order valence-corrected chi connectivity index (χ3v) is 6.35. The highest BCUT2D eigenvalue weighted by atomic mass is 19.1. The summed E-state index contributed by atoms with van der Waals surface area (Å²) < 4.78 is 20.6. The Bertz CT molecular complexity index is 1190. The van der Waals surface area contributed by atoms with Gasteiger partial charge < -0.3 is 9.84 Å². The number of rotatable bonds is 7. The van der Waals surface area contributed by atoms with Crippen LogP contribution in [0.1, 0.15) is 36.7 Å². The van der Waals surface area contributed by atoms with Crippen molar-refractivity contribution in [3.05, 3.63) is 60.3 Å². The Hall–Kier alpha value is -3.57. The summed E-state index contributed by atoms with van der Waals surface area (Å²) in [6.45, 7) is 1.60. The Kier molecular flexibility index (Phi) is 7.65. The largest absolute Gasteiger partial charge is 0.497 e. The van der Waals surface area contributed by atoms with E-state index in [4.69, 9.17) is 4.74 Å². The molecule has 1 aromatic carbocycles. The maximum atomic E-state index is 15.3. The molecule has 0 bridgehead atoms. The molecule has 3 heterocycles. The van der Waals surface area contributed by atoms with Crippen LogP contribution in [-0.4, -0.2) is 57.7 Å². The number of halogens is 1. The molecule has 0 amide bonds. The van der Waals surface area contributed by atoms with Gasteiger partial charge in [0.1, 0.15) is 17.6 Å². The van der Waals surface area contributed by atoms with Crippen LogP contribution in [0.4, 0.5) is 4.39 Å². The van der Waals surface area contributed by atoms with Gasteiger partial charge in [-0.15, -0.1) is 0 Å². The number of fused-ring (bicyclic) bond motifs is 1. The lowest BCUT2D eigenvalue weighted by Gasteiger charge is -2.35. The standard InChI is InChI=1S/C26H27FN4O3/c1-34-20-5-7-25-22(15-20)21(8-10-30-25)24(27)6-4-18-9-14-31(17-23(18)26(32)33)13-2-3-19-16-28-11-12-29-19/h5,7-8,10-12,15-16,18,23-24H,4,6,9,13-14,17H2,1H3,(H,32,33)/t18-,23+,24+/m1/s1. The minimum absolute atomic E-state index is 0.0809. The molecule has 34 heavy (non-hydrogen) atoms. The van der Waals surface area contributed by atoms with Crippen molar-refractivity contribution in [3.63, 3.8) is 0 Å². The average Bonchev–Trinajstić information content (AvgIpc) is 2.87. The highest BCUT2D eigenvalue weighted by molar-refractivity contribution is 5.83. The average molecular weight is 463 g/mol. The van der Waals surface area contributed by atoms with Gasteiger partial charge in [0, 0.05) is 30.5 Å². The highest BCUT2D eigenvalue weighted by Crippen LogP contribution is 2.35. The minimum Gasteiger partial charge on any atom is -0.497 e. The maximum absolute atomic E-state index is 15.3. The molecular weight excluding hydrogens is 435 g/mol. The summed E-state index contributed by atoms with van der Waals surface area (Å²) in [6.07, 6.45) is 6.63. The third-order valence-electron chi connectivity index (χ3n) is 6.35. The highest BCUT2D eigenvalue weighted by Gasteiger charge is 2.34. The van der Waals surface area contributed by atoms with E-state index in [0.717, 1.165) is 11.9 Å². The fraction of sp³-hybridized carbons (Fsp3) is 0.385. The molecule has 7 nitrogen and oxygen atoms in total. The number of carbonyl (C=O) groups is 1. The maximum Gasteiger partial charge on any atom is 0.308 e. The molecular formula is C26H27FN4O3. The summed E-state index contributed by atoms with van der Waals surface area (Å²) in [7, 11) is 1.57. The molecule has 1 N–H and O–H groups in total. The van der Waals surface area contributed by atoms with E-state index in [0.29, 0.717) is 48.5 Å². The number of ether oxygens (including phenoxy) is 1. The quantitative estimate of drug-likeness (QED) is 0.533. The van der Waals surface area contributed by atoms with E-state index in [9.17, 15) is 9.90 Å².